The summed E-state index contributed by atoms with van der Waals surface area (Å²) >= 11 is 0. The molecule has 98 valence electrons. The fourth-order valence-electron chi connectivity index (χ4n) is 1.68. The van der Waals surface area contributed by atoms with Crippen molar-refractivity contribution >= 4 is 11.8 Å². The molecule has 0 fully saturated rings. The van der Waals surface area contributed by atoms with E-state index < -0.39 is 18.0 Å². The summed E-state index contributed by atoms with van der Waals surface area (Å²) in [5.41, 5.74) is 6.00. The first-order chi connectivity index (χ1) is 8.43. The molecule has 1 aromatic carbocycles. The number of rotatable bonds is 5. The van der Waals surface area contributed by atoms with Gasteiger partial charge in [0.15, 0.2) is 0 Å². The third kappa shape index (κ3) is 3.56. The Morgan fingerprint density at radius 2 is 1.78 bits per heavy atom. The monoisotopic (exact) mass is 249 g/mol. The maximum atomic E-state index is 12.1. The molecular formula is C13H19N3O2. The van der Waals surface area contributed by atoms with E-state index in [0.717, 1.165) is 5.56 Å². The van der Waals surface area contributed by atoms with Crippen LogP contribution in [0.15, 0.2) is 30.3 Å². The lowest BCUT2D eigenvalue weighted by Crippen LogP contribution is -2.46. The van der Waals surface area contributed by atoms with Crippen LogP contribution in [0.3, 0.4) is 0 Å². The zero-order valence-corrected chi connectivity index (χ0v) is 10.9. The maximum absolute atomic E-state index is 12.1. The molecule has 0 heterocycles. The Labute approximate surface area is 107 Å². The molecule has 18 heavy (non-hydrogen) atoms. The molecule has 2 amide bonds. The number of hydrogen-bond donors (Lipinski definition) is 2. The molecule has 0 aromatic heterocycles. The van der Waals surface area contributed by atoms with E-state index in [2.05, 4.69) is 5.32 Å². The molecule has 1 aromatic rings. The third-order valence-corrected chi connectivity index (χ3v) is 2.67. The van der Waals surface area contributed by atoms with E-state index in [1.807, 2.05) is 44.4 Å². The number of nitrogens with one attached hydrogen (secondary N) is 1. The number of hydrogen-bond acceptors (Lipinski definition) is 3. The number of nitrogens with zero attached hydrogens (tertiary/aromatic N) is 1. The van der Waals surface area contributed by atoms with Crippen molar-refractivity contribution in [3.05, 3.63) is 35.9 Å². The Morgan fingerprint density at radius 1 is 1.22 bits per heavy atom. The predicted octanol–water partition coefficient (Wildman–Crippen LogP) is 0.279. The Morgan fingerprint density at radius 3 is 2.22 bits per heavy atom. The van der Waals surface area contributed by atoms with Crippen LogP contribution < -0.4 is 11.1 Å². The van der Waals surface area contributed by atoms with Gasteiger partial charge in [-0.05, 0) is 26.6 Å². The molecule has 0 spiro atoms. The van der Waals surface area contributed by atoms with Gasteiger partial charge in [0.25, 0.3) is 0 Å². The molecule has 0 aliphatic heterocycles. The van der Waals surface area contributed by atoms with Crippen LogP contribution in [0.25, 0.3) is 0 Å². The predicted molar refractivity (Wildman–Crippen MR) is 69.7 cm³/mol. The average molecular weight is 249 g/mol. The molecule has 5 nitrogen and oxygen atoms in total. The van der Waals surface area contributed by atoms with Crippen LogP contribution in [-0.2, 0) is 9.59 Å². The van der Waals surface area contributed by atoms with Crippen LogP contribution in [0, 0.1) is 0 Å². The lowest BCUT2D eigenvalue weighted by Gasteiger charge is -2.25. The van der Waals surface area contributed by atoms with E-state index in [1.54, 1.807) is 11.8 Å². The van der Waals surface area contributed by atoms with Crippen molar-refractivity contribution < 1.29 is 9.59 Å². The number of likely N-dealkylation sites (N-methyl/N-ethyl adjacent to an activating group) is 1. The van der Waals surface area contributed by atoms with Crippen LogP contribution in [0.4, 0.5) is 0 Å². The molecule has 0 aliphatic carbocycles. The minimum Gasteiger partial charge on any atom is -0.368 e. The summed E-state index contributed by atoms with van der Waals surface area (Å²) in [6.07, 6.45) is 0. The SMILES string of the molecule is CC(NC(=O)[C@H](c1ccccc1)N(C)C)C(N)=O. The number of benzene rings is 1. The first-order valence-corrected chi connectivity index (χ1v) is 5.74. The van der Waals surface area contributed by atoms with E-state index in [-0.39, 0.29) is 5.91 Å². The topological polar surface area (TPSA) is 75.4 Å². The lowest BCUT2D eigenvalue weighted by molar-refractivity contribution is -0.130. The molecule has 5 heteroatoms. The molecule has 0 bridgehead atoms. The minimum atomic E-state index is -0.677. The highest BCUT2D eigenvalue weighted by Crippen LogP contribution is 2.17. The van der Waals surface area contributed by atoms with Crippen molar-refractivity contribution in [2.45, 2.75) is 19.0 Å². The maximum Gasteiger partial charge on any atom is 0.242 e. The fraction of sp³-hybridized carbons (Fsp3) is 0.385. The zero-order chi connectivity index (χ0) is 13.7. The van der Waals surface area contributed by atoms with Crippen molar-refractivity contribution in [3.63, 3.8) is 0 Å². The van der Waals surface area contributed by atoms with Crippen molar-refractivity contribution in [2.75, 3.05) is 14.1 Å². The van der Waals surface area contributed by atoms with Gasteiger partial charge < -0.3 is 11.1 Å². The normalized spacial score (nSPS) is 14.0. The van der Waals surface area contributed by atoms with Crippen molar-refractivity contribution in [1.29, 1.82) is 0 Å². The lowest BCUT2D eigenvalue weighted by atomic mass is 10.0. The van der Waals surface area contributed by atoms with Crippen LogP contribution in [0.5, 0.6) is 0 Å². The Kier molecular flexibility index (Phi) is 4.85. The molecular weight excluding hydrogens is 230 g/mol. The largest absolute Gasteiger partial charge is 0.368 e. The van der Waals surface area contributed by atoms with Gasteiger partial charge in [0.1, 0.15) is 12.1 Å². The van der Waals surface area contributed by atoms with Gasteiger partial charge in [-0.3, -0.25) is 14.5 Å². The number of nitrogens with two attached hydrogens (primary N) is 1. The number of carbonyl (C=O) groups is 2. The van der Waals surface area contributed by atoms with Crippen molar-refractivity contribution in [1.82, 2.24) is 10.2 Å². The second-order valence-electron chi connectivity index (χ2n) is 4.41. The quantitative estimate of drug-likeness (QED) is 0.787. The van der Waals surface area contributed by atoms with E-state index in [9.17, 15) is 9.59 Å². The summed E-state index contributed by atoms with van der Waals surface area (Å²) in [6.45, 7) is 1.57. The molecule has 2 atom stereocenters. The highest BCUT2D eigenvalue weighted by atomic mass is 16.2. The summed E-state index contributed by atoms with van der Waals surface area (Å²) in [5.74, 6) is -0.786. The Hall–Kier alpha value is -1.88. The average Bonchev–Trinajstić information content (AvgIpc) is 2.29. The van der Waals surface area contributed by atoms with Crippen molar-refractivity contribution in [3.8, 4) is 0 Å². The first kappa shape index (κ1) is 14.2. The highest BCUT2D eigenvalue weighted by molar-refractivity contribution is 5.89. The van der Waals surface area contributed by atoms with E-state index in [1.165, 1.54) is 0 Å². The van der Waals surface area contributed by atoms with Gasteiger partial charge in [0.05, 0.1) is 0 Å². The molecule has 0 saturated heterocycles. The summed E-state index contributed by atoms with van der Waals surface area (Å²) < 4.78 is 0. The van der Waals surface area contributed by atoms with E-state index >= 15 is 0 Å². The van der Waals surface area contributed by atoms with E-state index in [0.29, 0.717) is 0 Å². The molecule has 1 rings (SSSR count). The van der Waals surface area contributed by atoms with Gasteiger partial charge in [0, 0.05) is 0 Å². The fourth-order valence-corrected chi connectivity index (χ4v) is 1.68. The number of primary amides is 1. The molecule has 0 saturated carbocycles. The Bertz CT molecular complexity index is 418. The molecule has 1 unspecified atom stereocenters. The van der Waals surface area contributed by atoms with Gasteiger partial charge in [-0.25, -0.2) is 0 Å². The highest BCUT2D eigenvalue weighted by Gasteiger charge is 2.24. The number of carbonyl (C=O) groups excluding carboxylic acids is 2. The summed E-state index contributed by atoms with van der Waals surface area (Å²) in [6, 6.07) is 8.27. The Balaban J connectivity index is 2.87. The van der Waals surface area contributed by atoms with Crippen LogP contribution in [0.1, 0.15) is 18.5 Å². The minimum absolute atomic E-state index is 0.238. The smallest absolute Gasteiger partial charge is 0.242 e. The zero-order valence-electron chi connectivity index (χ0n) is 10.9. The van der Waals surface area contributed by atoms with Gasteiger partial charge in [-0.15, -0.1) is 0 Å². The second-order valence-corrected chi connectivity index (χ2v) is 4.41. The van der Waals surface area contributed by atoms with Gasteiger partial charge in [-0.2, -0.15) is 0 Å². The summed E-state index contributed by atoms with van der Waals surface area (Å²) in [4.78, 5) is 24.9. The van der Waals surface area contributed by atoms with Crippen LogP contribution in [0.2, 0.25) is 0 Å². The third-order valence-electron chi connectivity index (χ3n) is 2.67. The van der Waals surface area contributed by atoms with Crippen molar-refractivity contribution in [2.24, 2.45) is 5.73 Å². The second kappa shape index (κ2) is 6.16. The molecule has 0 radical (unpaired) electrons. The van der Waals surface area contributed by atoms with Crippen LogP contribution >= 0.6 is 0 Å². The van der Waals surface area contributed by atoms with Gasteiger partial charge >= 0.3 is 0 Å². The van der Waals surface area contributed by atoms with Gasteiger partial charge in [-0.1, -0.05) is 30.3 Å². The molecule has 0 aliphatic rings. The summed E-state index contributed by atoms with van der Waals surface area (Å²) in [7, 11) is 3.62. The standard InChI is InChI=1S/C13H19N3O2/c1-9(12(14)17)15-13(18)11(16(2)3)10-7-5-4-6-8-10/h4-9,11H,1-3H3,(H2,14,17)(H,15,18)/t9?,11-/m0/s1. The molecule has 3 N–H and O–H groups in total. The first-order valence-electron chi connectivity index (χ1n) is 5.74. The van der Waals surface area contributed by atoms with E-state index in [4.69, 9.17) is 5.73 Å². The van der Waals surface area contributed by atoms with Gasteiger partial charge in [0.2, 0.25) is 11.8 Å². The number of amides is 2. The summed E-state index contributed by atoms with van der Waals surface area (Å²) in [5, 5.41) is 2.60. The van der Waals surface area contributed by atoms with Crippen LogP contribution in [-0.4, -0.2) is 36.9 Å².